The molecule has 1 fully saturated rings. The van der Waals surface area contributed by atoms with Gasteiger partial charge in [-0.2, -0.15) is 4.98 Å². The van der Waals surface area contributed by atoms with Crippen molar-refractivity contribution in [1.82, 2.24) is 9.97 Å². The average molecular weight is 345 g/mol. The van der Waals surface area contributed by atoms with Crippen molar-refractivity contribution in [3.63, 3.8) is 0 Å². The summed E-state index contributed by atoms with van der Waals surface area (Å²) in [6.07, 6.45) is 7.38. The summed E-state index contributed by atoms with van der Waals surface area (Å²) in [6, 6.07) is 10.5. The zero-order chi connectivity index (χ0) is 16.8. The Morgan fingerprint density at radius 1 is 1.08 bits per heavy atom. The molecule has 0 saturated heterocycles. The molecule has 1 heterocycles. The summed E-state index contributed by atoms with van der Waals surface area (Å²) in [5, 5.41) is 7.67. The molecule has 2 N–H and O–H groups in total. The van der Waals surface area contributed by atoms with E-state index in [-0.39, 0.29) is 0 Å². The lowest BCUT2D eigenvalue weighted by molar-refractivity contribution is 0.462. The largest absolute Gasteiger partial charge is 0.367 e. The summed E-state index contributed by atoms with van der Waals surface area (Å²) in [5.41, 5.74) is 2.23. The number of hydrogen-bond donors (Lipinski definition) is 2. The lowest BCUT2D eigenvalue weighted by Crippen LogP contribution is -2.23. The number of halogens is 1. The maximum Gasteiger partial charge on any atom is 0.224 e. The third-order valence-corrected chi connectivity index (χ3v) is 4.67. The Labute approximate surface area is 149 Å². The van der Waals surface area contributed by atoms with Crippen molar-refractivity contribution in [2.45, 2.75) is 51.5 Å². The number of hydrogen-bond acceptors (Lipinski definition) is 4. The highest BCUT2D eigenvalue weighted by atomic mass is 35.5. The minimum atomic E-state index is 0.551. The number of nitrogens with one attached hydrogen (secondary N) is 2. The monoisotopic (exact) mass is 344 g/mol. The number of aromatic nitrogens is 2. The number of rotatable bonds is 6. The van der Waals surface area contributed by atoms with Gasteiger partial charge in [0.25, 0.3) is 0 Å². The van der Waals surface area contributed by atoms with Gasteiger partial charge < -0.3 is 10.6 Å². The molecule has 4 nitrogen and oxygen atoms in total. The van der Waals surface area contributed by atoms with E-state index in [1.54, 1.807) is 0 Å². The second-order valence-corrected chi connectivity index (χ2v) is 6.94. The molecular formula is C19H25ClN4. The summed E-state index contributed by atoms with van der Waals surface area (Å²) in [5.74, 6) is 1.63. The minimum absolute atomic E-state index is 0.551. The fourth-order valence-electron chi connectivity index (χ4n) is 3.15. The van der Waals surface area contributed by atoms with Crippen LogP contribution in [0.3, 0.4) is 0 Å². The first-order valence-electron chi connectivity index (χ1n) is 8.79. The molecular weight excluding hydrogens is 320 g/mol. The number of aryl methyl sites for hydroxylation is 1. The predicted molar refractivity (Wildman–Crippen MR) is 101 cm³/mol. The summed E-state index contributed by atoms with van der Waals surface area (Å²) >= 11 is 5.91. The number of nitrogens with zero attached hydrogens (tertiary/aromatic N) is 2. The molecule has 2 aromatic rings. The van der Waals surface area contributed by atoms with Gasteiger partial charge in [0.2, 0.25) is 5.95 Å². The molecule has 128 valence electrons. The van der Waals surface area contributed by atoms with E-state index in [4.69, 9.17) is 11.6 Å². The second-order valence-electron chi connectivity index (χ2n) is 6.50. The Hall–Kier alpha value is -1.81. The molecule has 5 heteroatoms. The Morgan fingerprint density at radius 2 is 1.83 bits per heavy atom. The van der Waals surface area contributed by atoms with Crippen molar-refractivity contribution in [2.75, 3.05) is 17.2 Å². The van der Waals surface area contributed by atoms with Crippen LogP contribution in [0.15, 0.2) is 30.3 Å². The standard InChI is InChI=1S/C19H25ClN4/c1-14-13-18(23-17-5-3-2-4-6-17)24-19(22-14)21-12-11-15-7-9-16(20)10-8-15/h7-10,13,17H,2-6,11-12H2,1H3,(H2,21,22,23,24). The topological polar surface area (TPSA) is 49.8 Å². The smallest absolute Gasteiger partial charge is 0.224 e. The maximum absolute atomic E-state index is 5.91. The molecule has 1 saturated carbocycles. The van der Waals surface area contributed by atoms with Crippen LogP contribution in [0, 0.1) is 6.92 Å². The first kappa shape index (κ1) is 17.0. The van der Waals surface area contributed by atoms with E-state index in [0.29, 0.717) is 12.0 Å². The van der Waals surface area contributed by atoms with Gasteiger partial charge >= 0.3 is 0 Å². The van der Waals surface area contributed by atoms with Crippen molar-refractivity contribution in [3.05, 3.63) is 46.6 Å². The van der Waals surface area contributed by atoms with Crippen molar-refractivity contribution >= 4 is 23.4 Å². The van der Waals surface area contributed by atoms with E-state index < -0.39 is 0 Å². The summed E-state index contributed by atoms with van der Waals surface area (Å²) in [4.78, 5) is 9.11. The van der Waals surface area contributed by atoms with Crippen LogP contribution in [0.1, 0.15) is 43.4 Å². The average Bonchev–Trinajstić information content (AvgIpc) is 2.57. The summed E-state index contributed by atoms with van der Waals surface area (Å²) in [6.45, 7) is 2.81. The van der Waals surface area contributed by atoms with Gasteiger partial charge in [0.15, 0.2) is 0 Å². The second kappa shape index (κ2) is 8.34. The van der Waals surface area contributed by atoms with Crippen molar-refractivity contribution < 1.29 is 0 Å². The van der Waals surface area contributed by atoms with E-state index in [0.717, 1.165) is 29.5 Å². The SMILES string of the molecule is Cc1cc(NC2CCCCC2)nc(NCCc2ccc(Cl)cc2)n1. The highest BCUT2D eigenvalue weighted by Crippen LogP contribution is 2.21. The van der Waals surface area contributed by atoms with Gasteiger partial charge in [-0.15, -0.1) is 0 Å². The molecule has 24 heavy (non-hydrogen) atoms. The molecule has 0 bridgehead atoms. The van der Waals surface area contributed by atoms with Gasteiger partial charge in [-0.1, -0.05) is 43.0 Å². The van der Waals surface area contributed by atoms with Crippen LogP contribution in [0.25, 0.3) is 0 Å². The van der Waals surface area contributed by atoms with Crippen molar-refractivity contribution in [1.29, 1.82) is 0 Å². The molecule has 1 aliphatic rings. The van der Waals surface area contributed by atoms with E-state index in [1.165, 1.54) is 37.7 Å². The van der Waals surface area contributed by atoms with E-state index in [2.05, 4.69) is 32.7 Å². The summed E-state index contributed by atoms with van der Waals surface area (Å²) < 4.78 is 0. The van der Waals surface area contributed by atoms with Crippen LogP contribution in [-0.2, 0) is 6.42 Å². The van der Waals surface area contributed by atoms with Crippen LogP contribution >= 0.6 is 11.6 Å². The van der Waals surface area contributed by atoms with E-state index >= 15 is 0 Å². The quantitative estimate of drug-likeness (QED) is 0.787. The molecule has 1 aliphatic carbocycles. The van der Waals surface area contributed by atoms with Gasteiger partial charge in [-0.05, 0) is 43.9 Å². The number of anilines is 2. The van der Waals surface area contributed by atoms with Crippen LogP contribution in [0.5, 0.6) is 0 Å². The lowest BCUT2D eigenvalue weighted by atomic mass is 9.95. The van der Waals surface area contributed by atoms with Gasteiger partial charge in [-0.3, -0.25) is 0 Å². The molecule has 0 aliphatic heterocycles. The van der Waals surface area contributed by atoms with Crippen molar-refractivity contribution in [3.8, 4) is 0 Å². The Balaban J connectivity index is 1.55. The van der Waals surface area contributed by atoms with Crippen LogP contribution in [-0.4, -0.2) is 22.6 Å². The van der Waals surface area contributed by atoms with Gasteiger partial charge in [0.1, 0.15) is 5.82 Å². The molecule has 1 aromatic heterocycles. The molecule has 0 unspecified atom stereocenters. The molecule has 0 atom stereocenters. The Kier molecular flexibility index (Phi) is 5.91. The zero-order valence-electron chi connectivity index (χ0n) is 14.2. The third-order valence-electron chi connectivity index (χ3n) is 4.42. The third kappa shape index (κ3) is 5.10. The first-order valence-corrected chi connectivity index (χ1v) is 9.17. The maximum atomic E-state index is 5.91. The van der Waals surface area contributed by atoms with Crippen LogP contribution in [0.4, 0.5) is 11.8 Å². The molecule has 0 amide bonds. The van der Waals surface area contributed by atoms with Crippen LogP contribution < -0.4 is 10.6 Å². The molecule has 3 rings (SSSR count). The normalized spacial score (nSPS) is 15.2. The zero-order valence-corrected chi connectivity index (χ0v) is 14.9. The fraction of sp³-hybridized carbons (Fsp3) is 0.474. The van der Waals surface area contributed by atoms with E-state index in [1.807, 2.05) is 25.1 Å². The minimum Gasteiger partial charge on any atom is -0.367 e. The predicted octanol–water partition coefficient (Wildman–Crippen LogP) is 4.84. The fourth-order valence-corrected chi connectivity index (χ4v) is 3.27. The first-order chi connectivity index (χ1) is 11.7. The Morgan fingerprint density at radius 3 is 2.58 bits per heavy atom. The lowest BCUT2D eigenvalue weighted by Gasteiger charge is -2.23. The van der Waals surface area contributed by atoms with E-state index in [9.17, 15) is 0 Å². The van der Waals surface area contributed by atoms with Crippen molar-refractivity contribution in [2.24, 2.45) is 0 Å². The van der Waals surface area contributed by atoms with Gasteiger partial charge in [-0.25, -0.2) is 4.98 Å². The van der Waals surface area contributed by atoms with Crippen LogP contribution in [0.2, 0.25) is 5.02 Å². The summed E-state index contributed by atoms with van der Waals surface area (Å²) in [7, 11) is 0. The molecule has 0 radical (unpaired) electrons. The van der Waals surface area contributed by atoms with Gasteiger partial charge in [0.05, 0.1) is 0 Å². The highest BCUT2D eigenvalue weighted by molar-refractivity contribution is 6.30. The molecule has 1 aromatic carbocycles. The Bertz CT molecular complexity index is 651. The number of benzene rings is 1. The molecule has 0 spiro atoms. The highest BCUT2D eigenvalue weighted by Gasteiger charge is 2.14. The van der Waals surface area contributed by atoms with Gasteiger partial charge in [0, 0.05) is 29.4 Å².